The molecule has 0 saturated heterocycles. The van der Waals surface area contributed by atoms with E-state index in [4.69, 9.17) is 15.4 Å². The van der Waals surface area contributed by atoms with Crippen LogP contribution in [-0.2, 0) is 0 Å². The molecule has 0 aromatic carbocycles. The summed E-state index contributed by atoms with van der Waals surface area (Å²) in [5.41, 5.74) is 6.05. The Hall–Kier alpha value is -0.940. The molecule has 2 rings (SSSR count). The van der Waals surface area contributed by atoms with Crippen molar-refractivity contribution in [1.82, 2.24) is 10.1 Å². The Bertz CT molecular complexity index is 403. The van der Waals surface area contributed by atoms with Crippen LogP contribution in [0.4, 0.5) is 0 Å². The van der Waals surface area contributed by atoms with Crippen molar-refractivity contribution < 1.29 is 9.63 Å². The lowest BCUT2D eigenvalue weighted by Gasteiger charge is -2.36. The Morgan fingerprint density at radius 1 is 1.32 bits per heavy atom. The lowest BCUT2D eigenvalue weighted by Crippen LogP contribution is -2.25. The van der Waals surface area contributed by atoms with Gasteiger partial charge in [-0.25, -0.2) is 0 Å². The molecule has 108 valence electrons. The molecule has 1 fully saturated rings. The molecule has 0 bridgehead atoms. The zero-order chi connectivity index (χ0) is 14.0. The van der Waals surface area contributed by atoms with Crippen LogP contribution in [0.25, 0.3) is 0 Å². The first kappa shape index (κ1) is 14.5. The smallest absolute Gasteiger partial charge is 0.245 e. The maximum atomic E-state index is 8.98. The average Bonchev–Trinajstić information content (AvgIpc) is 2.86. The molecule has 0 amide bonds. The highest BCUT2D eigenvalue weighted by Crippen LogP contribution is 2.42. The standard InChI is InChI=1S/C14H25N3O2/c1-14(2,3)10-6-4-9(5-7-10)12-16-13(19-17-12)11(15)8-18/h9-11,18H,4-8,15H2,1-3H3. The zero-order valence-electron chi connectivity index (χ0n) is 12.1. The minimum absolute atomic E-state index is 0.168. The molecule has 5 nitrogen and oxygen atoms in total. The minimum atomic E-state index is -0.563. The molecule has 1 aromatic heterocycles. The van der Waals surface area contributed by atoms with Crippen LogP contribution in [0.5, 0.6) is 0 Å². The van der Waals surface area contributed by atoms with Gasteiger partial charge in [-0.2, -0.15) is 4.98 Å². The predicted molar refractivity (Wildman–Crippen MR) is 72.5 cm³/mol. The van der Waals surface area contributed by atoms with Crippen molar-refractivity contribution in [2.75, 3.05) is 6.61 Å². The van der Waals surface area contributed by atoms with E-state index >= 15 is 0 Å². The first-order chi connectivity index (χ1) is 8.91. The maximum Gasteiger partial charge on any atom is 0.245 e. The van der Waals surface area contributed by atoms with Gasteiger partial charge in [0.2, 0.25) is 5.89 Å². The first-order valence-corrected chi connectivity index (χ1v) is 7.11. The van der Waals surface area contributed by atoms with E-state index in [1.807, 2.05) is 0 Å². The second-order valence-corrected chi connectivity index (χ2v) is 6.69. The number of aromatic nitrogens is 2. The number of rotatable bonds is 3. The third kappa shape index (κ3) is 3.34. The summed E-state index contributed by atoms with van der Waals surface area (Å²) in [6.07, 6.45) is 4.64. The first-order valence-electron chi connectivity index (χ1n) is 7.11. The molecule has 3 N–H and O–H groups in total. The monoisotopic (exact) mass is 267 g/mol. The second kappa shape index (κ2) is 5.59. The Kier molecular flexibility index (Phi) is 4.26. The van der Waals surface area contributed by atoms with Gasteiger partial charge in [0, 0.05) is 5.92 Å². The van der Waals surface area contributed by atoms with E-state index in [1.165, 1.54) is 12.8 Å². The summed E-state index contributed by atoms with van der Waals surface area (Å²) in [4.78, 5) is 4.33. The number of hydrogen-bond acceptors (Lipinski definition) is 5. The fraction of sp³-hybridized carbons (Fsp3) is 0.857. The normalized spacial score (nSPS) is 26.4. The average molecular weight is 267 g/mol. The van der Waals surface area contributed by atoms with Gasteiger partial charge < -0.3 is 15.4 Å². The Morgan fingerprint density at radius 3 is 2.47 bits per heavy atom. The third-order valence-electron chi connectivity index (χ3n) is 4.29. The second-order valence-electron chi connectivity index (χ2n) is 6.69. The molecule has 1 unspecified atom stereocenters. The van der Waals surface area contributed by atoms with Crippen molar-refractivity contribution in [2.24, 2.45) is 17.1 Å². The molecule has 1 atom stereocenters. The number of hydrogen-bond donors (Lipinski definition) is 2. The highest BCUT2D eigenvalue weighted by Gasteiger charge is 2.32. The molecular weight excluding hydrogens is 242 g/mol. The fourth-order valence-corrected chi connectivity index (χ4v) is 2.86. The van der Waals surface area contributed by atoms with Gasteiger partial charge in [-0.15, -0.1) is 0 Å². The molecular formula is C14H25N3O2. The summed E-state index contributed by atoms with van der Waals surface area (Å²) >= 11 is 0. The Morgan fingerprint density at radius 2 is 1.95 bits per heavy atom. The summed E-state index contributed by atoms with van der Waals surface area (Å²) in [5.74, 6) is 2.25. The summed E-state index contributed by atoms with van der Waals surface area (Å²) in [6, 6.07) is -0.563. The van der Waals surface area contributed by atoms with Crippen LogP contribution in [0.1, 0.15) is 70.1 Å². The van der Waals surface area contributed by atoms with E-state index in [9.17, 15) is 0 Å². The van der Waals surface area contributed by atoms with Crippen LogP contribution in [0.2, 0.25) is 0 Å². The van der Waals surface area contributed by atoms with Gasteiger partial charge in [0.25, 0.3) is 0 Å². The number of nitrogens with zero attached hydrogens (tertiary/aromatic N) is 2. The van der Waals surface area contributed by atoms with Crippen molar-refractivity contribution >= 4 is 0 Å². The Balaban J connectivity index is 1.96. The van der Waals surface area contributed by atoms with Gasteiger partial charge in [0.15, 0.2) is 5.82 Å². The van der Waals surface area contributed by atoms with Crippen molar-refractivity contribution in [3.05, 3.63) is 11.7 Å². The molecule has 1 aliphatic carbocycles. The van der Waals surface area contributed by atoms with Gasteiger partial charge in [0.1, 0.15) is 6.04 Å². The minimum Gasteiger partial charge on any atom is -0.394 e. The molecule has 1 aliphatic rings. The largest absolute Gasteiger partial charge is 0.394 e. The molecule has 1 heterocycles. The highest BCUT2D eigenvalue weighted by molar-refractivity contribution is 5.00. The van der Waals surface area contributed by atoms with Crippen molar-refractivity contribution in [3.63, 3.8) is 0 Å². The third-order valence-corrected chi connectivity index (χ3v) is 4.29. The molecule has 0 spiro atoms. The van der Waals surface area contributed by atoms with Crippen molar-refractivity contribution in [1.29, 1.82) is 0 Å². The number of aliphatic hydroxyl groups excluding tert-OH is 1. The quantitative estimate of drug-likeness (QED) is 0.878. The molecule has 1 saturated carbocycles. The van der Waals surface area contributed by atoms with Crippen LogP contribution in [0, 0.1) is 11.3 Å². The molecule has 1 aromatic rings. The maximum absolute atomic E-state index is 8.98. The van der Waals surface area contributed by atoms with Crippen LogP contribution in [-0.4, -0.2) is 21.9 Å². The topological polar surface area (TPSA) is 85.2 Å². The van der Waals surface area contributed by atoms with Crippen molar-refractivity contribution in [2.45, 2.75) is 58.4 Å². The van der Waals surface area contributed by atoms with E-state index in [0.717, 1.165) is 24.6 Å². The summed E-state index contributed by atoms with van der Waals surface area (Å²) in [6.45, 7) is 6.76. The van der Waals surface area contributed by atoms with Crippen LogP contribution < -0.4 is 5.73 Å². The lowest BCUT2D eigenvalue weighted by molar-refractivity contribution is 0.166. The van der Waals surface area contributed by atoms with Gasteiger partial charge in [-0.1, -0.05) is 25.9 Å². The van der Waals surface area contributed by atoms with E-state index in [0.29, 0.717) is 17.2 Å². The lowest BCUT2D eigenvalue weighted by atomic mass is 9.70. The Labute approximate surface area is 114 Å². The molecule has 0 radical (unpaired) electrons. The van der Waals surface area contributed by atoms with E-state index in [-0.39, 0.29) is 6.61 Å². The zero-order valence-corrected chi connectivity index (χ0v) is 12.1. The predicted octanol–water partition coefficient (Wildman–Crippen LogP) is 2.38. The number of nitrogens with two attached hydrogens (primary N) is 1. The van der Waals surface area contributed by atoms with Gasteiger partial charge >= 0.3 is 0 Å². The molecule has 0 aliphatic heterocycles. The summed E-state index contributed by atoms with van der Waals surface area (Å²) < 4.78 is 5.12. The van der Waals surface area contributed by atoms with Crippen LogP contribution in [0.15, 0.2) is 4.52 Å². The van der Waals surface area contributed by atoms with Crippen LogP contribution in [0.3, 0.4) is 0 Å². The summed E-state index contributed by atoms with van der Waals surface area (Å²) in [7, 11) is 0. The van der Waals surface area contributed by atoms with Gasteiger partial charge in [-0.05, 0) is 37.0 Å². The van der Waals surface area contributed by atoms with E-state index in [1.54, 1.807) is 0 Å². The SMILES string of the molecule is CC(C)(C)C1CCC(c2noc(C(N)CO)n2)CC1. The van der Waals surface area contributed by atoms with Crippen molar-refractivity contribution in [3.8, 4) is 0 Å². The molecule has 5 heteroatoms. The summed E-state index contributed by atoms with van der Waals surface area (Å²) in [5, 5.41) is 13.0. The van der Waals surface area contributed by atoms with Crippen LogP contribution >= 0.6 is 0 Å². The highest BCUT2D eigenvalue weighted by atomic mass is 16.5. The van der Waals surface area contributed by atoms with E-state index in [2.05, 4.69) is 30.9 Å². The molecule has 19 heavy (non-hydrogen) atoms. The van der Waals surface area contributed by atoms with Gasteiger partial charge in [-0.3, -0.25) is 0 Å². The van der Waals surface area contributed by atoms with Gasteiger partial charge in [0.05, 0.1) is 6.61 Å². The van der Waals surface area contributed by atoms with E-state index < -0.39 is 6.04 Å². The fourth-order valence-electron chi connectivity index (χ4n) is 2.86. The number of aliphatic hydroxyl groups is 1.